The third kappa shape index (κ3) is 2.39. The van der Waals surface area contributed by atoms with Crippen LogP contribution in [0.4, 0.5) is 0 Å². The highest BCUT2D eigenvalue weighted by Crippen LogP contribution is 1.82. The summed E-state index contributed by atoms with van der Waals surface area (Å²) in [5.41, 5.74) is 3.68. The lowest BCUT2D eigenvalue weighted by Crippen LogP contribution is -2.00. The van der Waals surface area contributed by atoms with Gasteiger partial charge in [-0.2, -0.15) is 5.10 Å². The van der Waals surface area contributed by atoms with Crippen molar-refractivity contribution in [3.05, 3.63) is 12.7 Å². The molecule has 0 amide bonds. The Balaban J connectivity index is 3.66. The van der Waals surface area contributed by atoms with Crippen LogP contribution in [0.3, 0.4) is 0 Å². The Bertz CT molecular complexity index is 94.7. The van der Waals surface area contributed by atoms with Crippen LogP contribution >= 0.6 is 0 Å². The van der Waals surface area contributed by atoms with Gasteiger partial charge in [0.2, 0.25) is 0 Å². The molecular weight excluding hydrogens is 100 g/mol. The zero-order valence-electron chi connectivity index (χ0n) is 5.44. The molecule has 0 aromatic heterocycles. The summed E-state index contributed by atoms with van der Waals surface area (Å²) in [5, 5.41) is 3.91. The predicted molar refractivity (Wildman–Crippen MR) is 37.0 cm³/mol. The van der Waals surface area contributed by atoms with Crippen LogP contribution in [0.2, 0.25) is 0 Å². The van der Waals surface area contributed by atoms with Gasteiger partial charge in [0.1, 0.15) is 0 Å². The maximum atomic E-state index is 3.91. The molecule has 0 fully saturated rings. The molecule has 8 heavy (non-hydrogen) atoms. The lowest BCUT2D eigenvalue weighted by Gasteiger charge is -1.92. The second-order valence-corrected chi connectivity index (χ2v) is 1.38. The van der Waals surface area contributed by atoms with Crippen LogP contribution in [-0.4, -0.2) is 12.8 Å². The number of hydrazone groups is 1. The zero-order valence-corrected chi connectivity index (χ0v) is 5.44. The maximum Gasteiger partial charge on any atom is 0.0594 e. The van der Waals surface area contributed by atoms with Crippen molar-refractivity contribution in [1.29, 1.82) is 0 Å². The molecule has 0 aromatic carbocycles. The van der Waals surface area contributed by atoms with E-state index in [-0.39, 0.29) is 0 Å². The maximum absolute atomic E-state index is 3.91. The summed E-state index contributed by atoms with van der Waals surface area (Å²) in [5.74, 6) is 0. The minimum atomic E-state index is 0.935. The van der Waals surface area contributed by atoms with Crippen LogP contribution in [0.25, 0.3) is 0 Å². The average Bonchev–Trinajstić information content (AvgIpc) is 1.83. The molecule has 0 aromatic rings. The van der Waals surface area contributed by atoms with Crippen LogP contribution in [0, 0.1) is 0 Å². The smallest absolute Gasteiger partial charge is 0.0594 e. The Hall–Kier alpha value is -0.790. The van der Waals surface area contributed by atoms with Gasteiger partial charge in [0.05, 0.1) is 5.71 Å². The Labute approximate surface area is 50.3 Å². The number of nitrogens with one attached hydrogen (secondary N) is 1. The highest BCUT2D eigenvalue weighted by atomic mass is 15.3. The third-order valence-corrected chi connectivity index (χ3v) is 0.853. The molecule has 0 atom stereocenters. The molecule has 0 bridgehead atoms. The number of hydrogen-bond donors (Lipinski definition) is 1. The van der Waals surface area contributed by atoms with E-state index in [0.717, 1.165) is 12.1 Å². The van der Waals surface area contributed by atoms with Crippen molar-refractivity contribution in [2.24, 2.45) is 5.10 Å². The van der Waals surface area contributed by atoms with Gasteiger partial charge in [-0.1, -0.05) is 13.5 Å². The van der Waals surface area contributed by atoms with E-state index in [1.807, 2.05) is 6.92 Å². The fraction of sp³-hybridized carbons (Fsp3) is 0.500. The summed E-state index contributed by atoms with van der Waals surface area (Å²) in [6.07, 6.45) is 2.68. The Kier molecular flexibility index (Phi) is 3.94. The topological polar surface area (TPSA) is 24.4 Å². The lowest BCUT2D eigenvalue weighted by molar-refractivity contribution is 0.894. The van der Waals surface area contributed by atoms with Gasteiger partial charge in [0, 0.05) is 7.05 Å². The molecule has 0 heterocycles. The SMILES string of the molecule is C=C/C(CC)=N\NC. The van der Waals surface area contributed by atoms with E-state index < -0.39 is 0 Å². The first-order valence-corrected chi connectivity index (χ1v) is 2.70. The van der Waals surface area contributed by atoms with Crippen molar-refractivity contribution >= 4 is 5.71 Å². The fourth-order valence-electron chi connectivity index (χ4n) is 0.413. The molecule has 0 rings (SSSR count). The van der Waals surface area contributed by atoms with Crippen molar-refractivity contribution in [2.45, 2.75) is 13.3 Å². The van der Waals surface area contributed by atoms with E-state index in [0.29, 0.717) is 0 Å². The molecule has 0 radical (unpaired) electrons. The summed E-state index contributed by atoms with van der Waals surface area (Å²) >= 11 is 0. The molecule has 0 aliphatic rings. The molecule has 1 N–H and O–H groups in total. The first-order chi connectivity index (χ1) is 3.85. The average molecular weight is 112 g/mol. The van der Waals surface area contributed by atoms with Crippen LogP contribution in [0.5, 0.6) is 0 Å². The fourth-order valence-corrected chi connectivity index (χ4v) is 0.413. The van der Waals surface area contributed by atoms with Gasteiger partial charge in [0.15, 0.2) is 0 Å². The molecular formula is C6H12N2. The van der Waals surface area contributed by atoms with Crippen molar-refractivity contribution in [2.75, 3.05) is 7.05 Å². The van der Waals surface area contributed by atoms with Crippen LogP contribution in [-0.2, 0) is 0 Å². The van der Waals surface area contributed by atoms with Gasteiger partial charge in [-0.3, -0.25) is 0 Å². The number of rotatable bonds is 3. The molecule has 0 aliphatic heterocycles. The molecule has 2 heteroatoms. The highest BCUT2D eigenvalue weighted by molar-refractivity contribution is 5.93. The molecule has 2 nitrogen and oxygen atoms in total. The minimum Gasteiger partial charge on any atom is -0.313 e. The van der Waals surface area contributed by atoms with Crippen molar-refractivity contribution in [1.82, 2.24) is 5.43 Å². The predicted octanol–water partition coefficient (Wildman–Crippen LogP) is 1.16. The standard InChI is InChI=1S/C6H12N2/c1-4-6(5-2)8-7-3/h4,7H,1,5H2,2-3H3/b8-6+. The summed E-state index contributed by atoms with van der Waals surface area (Å²) in [4.78, 5) is 0. The lowest BCUT2D eigenvalue weighted by atomic mass is 10.3. The van der Waals surface area contributed by atoms with E-state index in [9.17, 15) is 0 Å². The number of allylic oxidation sites excluding steroid dienone is 1. The monoisotopic (exact) mass is 112 g/mol. The van der Waals surface area contributed by atoms with E-state index in [1.165, 1.54) is 0 Å². The Morgan fingerprint density at radius 3 is 2.62 bits per heavy atom. The van der Waals surface area contributed by atoms with Crippen molar-refractivity contribution in [3.63, 3.8) is 0 Å². The molecule has 0 unspecified atom stereocenters. The van der Waals surface area contributed by atoms with Crippen molar-refractivity contribution in [3.8, 4) is 0 Å². The van der Waals surface area contributed by atoms with E-state index in [4.69, 9.17) is 0 Å². The van der Waals surface area contributed by atoms with Crippen LogP contribution in [0.15, 0.2) is 17.8 Å². The van der Waals surface area contributed by atoms with Crippen molar-refractivity contribution < 1.29 is 0 Å². The van der Waals surface area contributed by atoms with Gasteiger partial charge >= 0.3 is 0 Å². The van der Waals surface area contributed by atoms with E-state index >= 15 is 0 Å². The van der Waals surface area contributed by atoms with Crippen LogP contribution < -0.4 is 5.43 Å². The quantitative estimate of drug-likeness (QED) is 0.430. The summed E-state index contributed by atoms with van der Waals surface area (Å²) in [6.45, 7) is 5.62. The summed E-state index contributed by atoms with van der Waals surface area (Å²) < 4.78 is 0. The first-order valence-electron chi connectivity index (χ1n) is 2.70. The van der Waals surface area contributed by atoms with E-state index in [1.54, 1.807) is 13.1 Å². The molecule has 0 spiro atoms. The number of nitrogens with zero attached hydrogens (tertiary/aromatic N) is 1. The Morgan fingerprint density at radius 2 is 2.50 bits per heavy atom. The molecule has 46 valence electrons. The second-order valence-electron chi connectivity index (χ2n) is 1.38. The molecule has 0 saturated heterocycles. The summed E-state index contributed by atoms with van der Waals surface area (Å²) in [6, 6.07) is 0. The second kappa shape index (κ2) is 4.37. The largest absolute Gasteiger partial charge is 0.313 e. The van der Waals surface area contributed by atoms with E-state index in [2.05, 4.69) is 17.1 Å². The van der Waals surface area contributed by atoms with Gasteiger partial charge in [-0.15, -0.1) is 0 Å². The van der Waals surface area contributed by atoms with Gasteiger partial charge in [0.25, 0.3) is 0 Å². The first kappa shape index (κ1) is 7.21. The Morgan fingerprint density at radius 1 is 1.88 bits per heavy atom. The van der Waals surface area contributed by atoms with Crippen LogP contribution in [0.1, 0.15) is 13.3 Å². The zero-order chi connectivity index (χ0) is 6.41. The third-order valence-electron chi connectivity index (χ3n) is 0.853. The minimum absolute atomic E-state index is 0.935. The highest BCUT2D eigenvalue weighted by Gasteiger charge is 1.82. The molecule has 0 aliphatic carbocycles. The molecule has 0 saturated carbocycles. The normalized spacial score (nSPS) is 11.0. The summed E-state index contributed by atoms with van der Waals surface area (Å²) in [7, 11) is 1.78. The van der Waals surface area contributed by atoms with Gasteiger partial charge in [-0.05, 0) is 12.5 Å². The number of hydrogen-bond acceptors (Lipinski definition) is 2. The van der Waals surface area contributed by atoms with Gasteiger partial charge in [-0.25, -0.2) is 0 Å². The van der Waals surface area contributed by atoms with Gasteiger partial charge < -0.3 is 5.43 Å².